The van der Waals surface area contributed by atoms with Crippen molar-refractivity contribution >= 4 is 0 Å². The molecular weight excluding hydrogens is 274 g/mol. The van der Waals surface area contributed by atoms with Gasteiger partial charge < -0.3 is 9.47 Å². The van der Waals surface area contributed by atoms with E-state index in [1.165, 1.54) is 5.56 Å². The van der Waals surface area contributed by atoms with Crippen molar-refractivity contribution < 1.29 is 9.47 Å². The molecule has 0 saturated heterocycles. The van der Waals surface area contributed by atoms with Crippen LogP contribution in [0.3, 0.4) is 0 Å². The third kappa shape index (κ3) is 3.40. The van der Waals surface area contributed by atoms with E-state index < -0.39 is 0 Å². The average molecular weight is 293 g/mol. The van der Waals surface area contributed by atoms with Crippen LogP contribution in [0.1, 0.15) is 29.5 Å². The van der Waals surface area contributed by atoms with Crippen LogP contribution in [0, 0.1) is 11.3 Å². The molecule has 0 atom stereocenters. The molecule has 0 radical (unpaired) electrons. The van der Waals surface area contributed by atoms with Crippen molar-refractivity contribution in [2.45, 2.75) is 32.3 Å². The van der Waals surface area contributed by atoms with Gasteiger partial charge in [-0.25, -0.2) is 0 Å². The van der Waals surface area contributed by atoms with E-state index in [2.05, 4.69) is 30.3 Å². The topological polar surface area (TPSA) is 42.2 Å². The molecule has 2 aromatic rings. The number of hydrogen-bond acceptors (Lipinski definition) is 3. The Labute approximate surface area is 131 Å². The molecule has 0 unspecified atom stereocenters. The fourth-order valence-electron chi connectivity index (χ4n) is 2.67. The zero-order valence-electron chi connectivity index (χ0n) is 12.5. The zero-order chi connectivity index (χ0) is 15.2. The predicted molar refractivity (Wildman–Crippen MR) is 85.0 cm³/mol. The minimum atomic E-state index is 0.561. The van der Waals surface area contributed by atoms with Crippen LogP contribution in [-0.4, -0.2) is 6.61 Å². The molecule has 3 rings (SSSR count). The molecule has 1 aliphatic heterocycles. The summed E-state index contributed by atoms with van der Waals surface area (Å²) in [7, 11) is 0. The van der Waals surface area contributed by atoms with Crippen LogP contribution in [0.25, 0.3) is 0 Å². The minimum absolute atomic E-state index is 0.561. The van der Waals surface area contributed by atoms with Gasteiger partial charge >= 0.3 is 0 Å². The van der Waals surface area contributed by atoms with E-state index in [0.29, 0.717) is 13.0 Å². The molecule has 0 saturated carbocycles. The predicted octanol–water partition coefficient (Wildman–Crippen LogP) is 4.05. The van der Waals surface area contributed by atoms with Crippen LogP contribution in [0.4, 0.5) is 0 Å². The molecule has 0 N–H and O–H groups in total. The van der Waals surface area contributed by atoms with Gasteiger partial charge in [-0.3, -0.25) is 0 Å². The van der Waals surface area contributed by atoms with Crippen molar-refractivity contribution in [3.8, 4) is 17.6 Å². The standard InChI is InChI=1S/C19H19NO2/c20-10-5-4-8-16-12-18-17(9-11-21-18)13-19(16)22-14-15-6-2-1-3-7-15/h1-3,6-7,12-13H,4-5,8-9,11,14H2. The SMILES string of the molecule is N#CCCCc1cc2c(cc1OCc1ccccc1)CCO2. The first-order valence-electron chi connectivity index (χ1n) is 7.69. The Morgan fingerprint density at radius 3 is 2.86 bits per heavy atom. The Bertz CT molecular complexity index is 674. The van der Waals surface area contributed by atoms with Gasteiger partial charge in [0.2, 0.25) is 0 Å². The Morgan fingerprint density at radius 2 is 2.05 bits per heavy atom. The summed E-state index contributed by atoms with van der Waals surface area (Å²) in [6.07, 6.45) is 3.19. The van der Waals surface area contributed by atoms with Gasteiger partial charge in [0.25, 0.3) is 0 Å². The van der Waals surface area contributed by atoms with Crippen LogP contribution >= 0.6 is 0 Å². The van der Waals surface area contributed by atoms with Crippen molar-refractivity contribution in [1.82, 2.24) is 0 Å². The van der Waals surface area contributed by atoms with E-state index in [9.17, 15) is 0 Å². The fourth-order valence-corrected chi connectivity index (χ4v) is 2.67. The van der Waals surface area contributed by atoms with Gasteiger partial charge in [-0.2, -0.15) is 5.26 Å². The molecule has 0 aromatic heterocycles. The fraction of sp³-hybridized carbons (Fsp3) is 0.316. The van der Waals surface area contributed by atoms with Crippen molar-refractivity contribution in [1.29, 1.82) is 5.26 Å². The molecule has 0 fully saturated rings. The zero-order valence-corrected chi connectivity index (χ0v) is 12.5. The maximum Gasteiger partial charge on any atom is 0.123 e. The number of nitriles is 1. The van der Waals surface area contributed by atoms with E-state index in [-0.39, 0.29) is 0 Å². The van der Waals surface area contributed by atoms with E-state index in [4.69, 9.17) is 14.7 Å². The third-order valence-corrected chi connectivity index (χ3v) is 3.84. The lowest BCUT2D eigenvalue weighted by atomic mass is 10.0. The van der Waals surface area contributed by atoms with Crippen molar-refractivity contribution in [2.24, 2.45) is 0 Å². The Kier molecular flexibility index (Phi) is 4.60. The summed E-state index contributed by atoms with van der Waals surface area (Å²) in [5.74, 6) is 1.89. The number of ether oxygens (including phenoxy) is 2. The van der Waals surface area contributed by atoms with E-state index in [1.807, 2.05) is 18.2 Å². The lowest BCUT2D eigenvalue weighted by Gasteiger charge is -2.13. The molecule has 0 aliphatic carbocycles. The highest BCUT2D eigenvalue weighted by Crippen LogP contribution is 2.34. The summed E-state index contributed by atoms with van der Waals surface area (Å²) in [4.78, 5) is 0. The Balaban J connectivity index is 1.77. The summed E-state index contributed by atoms with van der Waals surface area (Å²) in [6.45, 7) is 1.31. The summed E-state index contributed by atoms with van der Waals surface area (Å²) in [5, 5.41) is 8.71. The molecule has 1 aliphatic rings. The Hall–Kier alpha value is -2.47. The molecule has 3 heteroatoms. The smallest absolute Gasteiger partial charge is 0.123 e. The van der Waals surface area contributed by atoms with Crippen LogP contribution in [-0.2, 0) is 19.4 Å². The second kappa shape index (κ2) is 7.00. The summed E-state index contributed by atoms with van der Waals surface area (Å²) in [6, 6.07) is 16.5. The largest absolute Gasteiger partial charge is 0.493 e. The first kappa shape index (κ1) is 14.5. The number of nitrogens with zero attached hydrogens (tertiary/aromatic N) is 1. The molecule has 0 amide bonds. The molecule has 22 heavy (non-hydrogen) atoms. The number of unbranched alkanes of at least 4 members (excludes halogenated alkanes) is 1. The van der Waals surface area contributed by atoms with Gasteiger partial charge in [-0.15, -0.1) is 0 Å². The van der Waals surface area contributed by atoms with Gasteiger partial charge in [0.15, 0.2) is 0 Å². The summed E-state index contributed by atoms with van der Waals surface area (Å²) in [5.41, 5.74) is 3.50. The molecule has 1 heterocycles. The Morgan fingerprint density at radius 1 is 1.18 bits per heavy atom. The number of fused-ring (bicyclic) bond motifs is 1. The highest BCUT2D eigenvalue weighted by molar-refractivity contribution is 5.48. The lowest BCUT2D eigenvalue weighted by molar-refractivity contribution is 0.302. The monoisotopic (exact) mass is 293 g/mol. The van der Waals surface area contributed by atoms with Crippen LogP contribution < -0.4 is 9.47 Å². The van der Waals surface area contributed by atoms with Crippen molar-refractivity contribution in [2.75, 3.05) is 6.61 Å². The summed E-state index contributed by atoms with van der Waals surface area (Å²) >= 11 is 0. The van der Waals surface area contributed by atoms with Crippen LogP contribution in [0.2, 0.25) is 0 Å². The molecule has 2 aromatic carbocycles. The average Bonchev–Trinajstić information content (AvgIpc) is 3.01. The molecule has 0 bridgehead atoms. The first-order valence-corrected chi connectivity index (χ1v) is 7.69. The number of hydrogen-bond donors (Lipinski definition) is 0. The van der Waals surface area contributed by atoms with E-state index in [1.54, 1.807) is 0 Å². The van der Waals surface area contributed by atoms with Gasteiger partial charge in [-0.05, 0) is 36.1 Å². The second-order valence-corrected chi connectivity index (χ2v) is 5.45. The quantitative estimate of drug-likeness (QED) is 0.755. The molecular formula is C19H19NO2. The van der Waals surface area contributed by atoms with Gasteiger partial charge in [-0.1, -0.05) is 30.3 Å². The van der Waals surface area contributed by atoms with Crippen LogP contribution in [0.15, 0.2) is 42.5 Å². The van der Waals surface area contributed by atoms with Gasteiger partial charge in [0.1, 0.15) is 18.1 Å². The maximum atomic E-state index is 8.71. The van der Waals surface area contributed by atoms with Crippen LogP contribution in [0.5, 0.6) is 11.5 Å². The van der Waals surface area contributed by atoms with Gasteiger partial charge in [0, 0.05) is 18.4 Å². The first-order chi connectivity index (χ1) is 10.9. The van der Waals surface area contributed by atoms with Crippen molar-refractivity contribution in [3.05, 3.63) is 59.2 Å². The van der Waals surface area contributed by atoms with E-state index in [0.717, 1.165) is 48.5 Å². The molecule has 3 nitrogen and oxygen atoms in total. The number of rotatable bonds is 6. The highest BCUT2D eigenvalue weighted by atomic mass is 16.5. The minimum Gasteiger partial charge on any atom is -0.493 e. The van der Waals surface area contributed by atoms with E-state index >= 15 is 0 Å². The molecule has 112 valence electrons. The maximum absolute atomic E-state index is 8.71. The lowest BCUT2D eigenvalue weighted by Crippen LogP contribution is -2.00. The van der Waals surface area contributed by atoms with Gasteiger partial charge in [0.05, 0.1) is 12.7 Å². The normalized spacial score (nSPS) is 12.3. The second-order valence-electron chi connectivity index (χ2n) is 5.45. The highest BCUT2D eigenvalue weighted by Gasteiger charge is 2.16. The number of aryl methyl sites for hydroxylation is 1. The van der Waals surface area contributed by atoms with Crippen molar-refractivity contribution in [3.63, 3.8) is 0 Å². The number of benzene rings is 2. The molecule has 0 spiro atoms. The third-order valence-electron chi connectivity index (χ3n) is 3.84. The summed E-state index contributed by atoms with van der Waals surface area (Å²) < 4.78 is 11.7.